The van der Waals surface area contributed by atoms with Crippen LogP contribution in [-0.2, 0) is 25.6 Å². The second-order valence-corrected chi connectivity index (χ2v) is 8.62. The normalized spacial score (nSPS) is 23.1. The Hall–Kier alpha value is -2.60. The van der Waals surface area contributed by atoms with Crippen molar-refractivity contribution < 1.29 is 19.1 Å². The summed E-state index contributed by atoms with van der Waals surface area (Å²) in [5.41, 5.74) is 2.69. The summed E-state index contributed by atoms with van der Waals surface area (Å²) < 4.78 is 5.34. The number of esters is 1. The van der Waals surface area contributed by atoms with Gasteiger partial charge in [-0.2, -0.15) is 0 Å². The van der Waals surface area contributed by atoms with Crippen LogP contribution in [0.1, 0.15) is 41.3 Å². The molecule has 2 fully saturated rings. The zero-order chi connectivity index (χ0) is 20.4. The van der Waals surface area contributed by atoms with Crippen LogP contribution in [0.3, 0.4) is 0 Å². The number of fused-ring (bicyclic) bond motifs is 1. The van der Waals surface area contributed by atoms with Crippen LogP contribution in [0, 0.1) is 0 Å². The molecule has 0 aromatic heterocycles. The number of nitrogens with zero attached hydrogens (tertiary/aromatic N) is 1. The van der Waals surface area contributed by atoms with E-state index in [1.807, 2.05) is 49.4 Å². The number of amides is 1. The molecule has 0 saturated carbocycles. The third-order valence-corrected chi connectivity index (χ3v) is 7.25. The van der Waals surface area contributed by atoms with Crippen molar-refractivity contribution in [3.63, 3.8) is 0 Å². The van der Waals surface area contributed by atoms with E-state index in [-0.39, 0.29) is 18.3 Å². The third kappa shape index (κ3) is 3.57. The van der Waals surface area contributed by atoms with Crippen LogP contribution in [0.25, 0.3) is 0 Å². The van der Waals surface area contributed by atoms with Gasteiger partial charge in [0.2, 0.25) is 5.91 Å². The van der Waals surface area contributed by atoms with Crippen molar-refractivity contribution in [2.75, 3.05) is 12.4 Å². The molecule has 0 aliphatic carbocycles. The number of ketones is 1. The second-order valence-electron chi connectivity index (χ2n) is 7.32. The SMILES string of the molecule is CCc1ccc(C(=O)COC(=O)[C@H]2CS[C@@]3(c4ccccc4)CCC(=O)N23)cc1. The number of ether oxygens (including phenoxy) is 1. The summed E-state index contributed by atoms with van der Waals surface area (Å²) in [6, 6.07) is 16.5. The minimum Gasteiger partial charge on any atom is -0.456 e. The lowest BCUT2D eigenvalue weighted by molar-refractivity contribution is -0.152. The van der Waals surface area contributed by atoms with Crippen molar-refractivity contribution in [3.8, 4) is 0 Å². The molecular formula is C23H23NO4S. The zero-order valence-corrected chi connectivity index (χ0v) is 17.1. The second kappa shape index (κ2) is 8.03. The number of benzene rings is 2. The van der Waals surface area contributed by atoms with Crippen LogP contribution in [0.4, 0.5) is 0 Å². The summed E-state index contributed by atoms with van der Waals surface area (Å²) in [6.07, 6.45) is 1.98. The molecule has 0 bridgehead atoms. The molecule has 6 heteroatoms. The predicted molar refractivity (Wildman–Crippen MR) is 112 cm³/mol. The molecule has 2 saturated heterocycles. The summed E-state index contributed by atoms with van der Waals surface area (Å²) in [5.74, 6) is -0.320. The van der Waals surface area contributed by atoms with Gasteiger partial charge in [0.1, 0.15) is 10.9 Å². The Bertz CT molecular complexity index is 928. The molecule has 2 aromatic carbocycles. The summed E-state index contributed by atoms with van der Waals surface area (Å²) in [6.45, 7) is 1.74. The maximum absolute atomic E-state index is 12.8. The molecule has 2 atom stereocenters. The van der Waals surface area contributed by atoms with Crippen LogP contribution in [-0.4, -0.2) is 41.0 Å². The number of Topliss-reactive ketones (excluding diaryl/α,β-unsaturated/α-hetero) is 1. The monoisotopic (exact) mass is 409 g/mol. The molecule has 0 unspecified atom stereocenters. The Labute approximate surface area is 174 Å². The molecule has 29 heavy (non-hydrogen) atoms. The molecular weight excluding hydrogens is 386 g/mol. The summed E-state index contributed by atoms with van der Waals surface area (Å²) in [5, 5.41) is 0. The van der Waals surface area contributed by atoms with Gasteiger partial charge in [0.25, 0.3) is 0 Å². The van der Waals surface area contributed by atoms with Gasteiger partial charge in [-0.3, -0.25) is 9.59 Å². The van der Waals surface area contributed by atoms with E-state index >= 15 is 0 Å². The lowest BCUT2D eigenvalue weighted by Gasteiger charge is -2.33. The average Bonchev–Trinajstić information content (AvgIpc) is 3.32. The standard InChI is InChI=1S/C23H23NO4S/c1-2-16-8-10-17(11-9-16)20(25)14-28-22(27)19-15-29-23(13-12-21(26)24(19)23)18-6-4-3-5-7-18/h3-11,19H,2,12-15H2,1H3/t19-,23-/m1/s1. The van der Waals surface area contributed by atoms with Crippen molar-refractivity contribution in [1.82, 2.24) is 4.90 Å². The number of carbonyl (C=O) groups is 3. The topological polar surface area (TPSA) is 63.7 Å². The fraction of sp³-hybridized carbons (Fsp3) is 0.348. The Morgan fingerprint density at radius 2 is 1.86 bits per heavy atom. The fourth-order valence-corrected chi connectivity index (χ4v) is 5.69. The number of hydrogen-bond donors (Lipinski definition) is 0. The van der Waals surface area contributed by atoms with Gasteiger partial charge in [-0.05, 0) is 24.0 Å². The fourth-order valence-electron chi connectivity index (χ4n) is 4.06. The van der Waals surface area contributed by atoms with Gasteiger partial charge >= 0.3 is 5.97 Å². The number of carbonyl (C=O) groups excluding carboxylic acids is 3. The first-order chi connectivity index (χ1) is 14.0. The highest BCUT2D eigenvalue weighted by Crippen LogP contribution is 2.54. The number of aryl methyl sites for hydroxylation is 1. The smallest absolute Gasteiger partial charge is 0.330 e. The third-order valence-electron chi connectivity index (χ3n) is 5.65. The molecule has 0 spiro atoms. The lowest BCUT2D eigenvalue weighted by atomic mass is 10.0. The minimum atomic E-state index is -0.662. The van der Waals surface area contributed by atoms with Gasteiger partial charge in [0, 0.05) is 17.7 Å². The molecule has 2 aliphatic heterocycles. The molecule has 4 rings (SSSR count). The van der Waals surface area contributed by atoms with Gasteiger partial charge in [-0.1, -0.05) is 61.5 Å². The first-order valence-electron chi connectivity index (χ1n) is 9.85. The van der Waals surface area contributed by atoms with E-state index in [1.54, 1.807) is 28.8 Å². The van der Waals surface area contributed by atoms with Gasteiger partial charge in [-0.25, -0.2) is 4.79 Å². The Balaban J connectivity index is 1.45. The lowest BCUT2D eigenvalue weighted by Crippen LogP contribution is -2.47. The molecule has 150 valence electrons. The van der Waals surface area contributed by atoms with Crippen LogP contribution < -0.4 is 0 Å². The Kier molecular flexibility index (Phi) is 5.46. The average molecular weight is 410 g/mol. The van der Waals surface area contributed by atoms with Crippen LogP contribution in [0.2, 0.25) is 0 Å². The first kappa shape index (κ1) is 19.7. The van der Waals surface area contributed by atoms with Crippen molar-refractivity contribution >= 4 is 29.4 Å². The van der Waals surface area contributed by atoms with Gasteiger partial charge in [-0.15, -0.1) is 11.8 Å². The van der Waals surface area contributed by atoms with Crippen LogP contribution >= 0.6 is 11.8 Å². The largest absolute Gasteiger partial charge is 0.456 e. The summed E-state index contributed by atoms with van der Waals surface area (Å²) in [7, 11) is 0. The van der Waals surface area contributed by atoms with Crippen molar-refractivity contribution in [3.05, 3.63) is 71.3 Å². The van der Waals surface area contributed by atoms with Gasteiger partial charge in [0.15, 0.2) is 12.4 Å². The van der Waals surface area contributed by atoms with E-state index in [9.17, 15) is 14.4 Å². The van der Waals surface area contributed by atoms with E-state index in [2.05, 4.69) is 0 Å². The molecule has 0 N–H and O–H groups in total. The number of hydrogen-bond acceptors (Lipinski definition) is 5. The van der Waals surface area contributed by atoms with Crippen molar-refractivity contribution in [2.45, 2.75) is 37.1 Å². The van der Waals surface area contributed by atoms with Crippen LogP contribution in [0.15, 0.2) is 54.6 Å². The molecule has 2 aromatic rings. The quantitative estimate of drug-likeness (QED) is 0.539. The molecule has 1 amide bonds. The number of rotatable bonds is 6. The Morgan fingerprint density at radius 1 is 1.14 bits per heavy atom. The van der Waals surface area contributed by atoms with E-state index in [0.29, 0.717) is 24.2 Å². The molecule has 2 aliphatic rings. The van der Waals surface area contributed by atoms with Crippen molar-refractivity contribution in [1.29, 1.82) is 0 Å². The van der Waals surface area contributed by atoms with Gasteiger partial charge < -0.3 is 9.64 Å². The summed E-state index contributed by atoms with van der Waals surface area (Å²) in [4.78, 5) is 38.9. The molecule has 2 heterocycles. The summed E-state index contributed by atoms with van der Waals surface area (Å²) >= 11 is 1.61. The van der Waals surface area contributed by atoms with E-state index in [1.165, 1.54) is 0 Å². The zero-order valence-electron chi connectivity index (χ0n) is 16.3. The molecule has 0 radical (unpaired) electrons. The van der Waals surface area contributed by atoms with Gasteiger partial charge in [0.05, 0.1) is 0 Å². The Morgan fingerprint density at radius 3 is 2.55 bits per heavy atom. The highest BCUT2D eigenvalue weighted by atomic mass is 32.2. The first-order valence-corrected chi connectivity index (χ1v) is 10.8. The maximum atomic E-state index is 12.8. The van der Waals surface area contributed by atoms with E-state index in [0.717, 1.165) is 17.5 Å². The molecule has 5 nitrogen and oxygen atoms in total. The van der Waals surface area contributed by atoms with Crippen LogP contribution in [0.5, 0.6) is 0 Å². The van der Waals surface area contributed by atoms with Crippen molar-refractivity contribution in [2.24, 2.45) is 0 Å². The highest BCUT2D eigenvalue weighted by Gasteiger charge is 2.57. The predicted octanol–water partition coefficient (Wildman–Crippen LogP) is 3.57. The highest BCUT2D eigenvalue weighted by molar-refractivity contribution is 8.00. The van der Waals surface area contributed by atoms with E-state index < -0.39 is 16.9 Å². The maximum Gasteiger partial charge on any atom is 0.330 e. The number of thioether (sulfide) groups is 1. The minimum absolute atomic E-state index is 0.0396. The van der Waals surface area contributed by atoms with E-state index in [4.69, 9.17) is 4.74 Å².